The highest BCUT2D eigenvalue weighted by molar-refractivity contribution is 6.33. The quantitative estimate of drug-likeness (QED) is 0.860. The lowest BCUT2D eigenvalue weighted by molar-refractivity contribution is 0.301. The number of hydrogen-bond acceptors (Lipinski definition) is 3. The number of hydrogen-bond donors (Lipinski definition) is 2. The Morgan fingerprint density at radius 1 is 1.05 bits per heavy atom. The smallest absolute Gasteiger partial charge is 0.0642 e. The summed E-state index contributed by atoms with van der Waals surface area (Å²) in [5, 5.41) is 9.93. The van der Waals surface area contributed by atoms with Crippen LogP contribution in [-0.2, 0) is 13.1 Å². The van der Waals surface area contributed by atoms with Gasteiger partial charge in [0.15, 0.2) is 0 Å². The number of anilines is 1. The molecule has 0 unspecified atom stereocenters. The molecule has 3 nitrogen and oxygen atoms in total. The molecule has 2 aromatic carbocycles. The fraction of sp³-hybridized carbons (Fsp3) is 0.250. The zero-order valence-electron chi connectivity index (χ0n) is 11.3. The number of nitrogens with two attached hydrogens (primary N) is 1. The van der Waals surface area contributed by atoms with E-state index in [0.717, 1.165) is 11.3 Å². The van der Waals surface area contributed by atoms with Crippen molar-refractivity contribution in [1.29, 1.82) is 0 Å². The summed E-state index contributed by atoms with van der Waals surface area (Å²) in [5.74, 6) is 0. The molecule has 0 atom stereocenters. The maximum Gasteiger partial charge on any atom is 0.0642 e. The molecule has 0 saturated heterocycles. The number of halogens is 1. The lowest BCUT2D eigenvalue weighted by Crippen LogP contribution is -2.26. The number of rotatable bonds is 6. The minimum atomic E-state index is 0.0851. The molecule has 0 saturated carbocycles. The van der Waals surface area contributed by atoms with E-state index in [9.17, 15) is 5.11 Å². The minimum Gasteiger partial charge on any atom is -0.395 e. The summed E-state index contributed by atoms with van der Waals surface area (Å²) in [6.07, 6.45) is 0. The van der Waals surface area contributed by atoms with E-state index >= 15 is 0 Å². The zero-order chi connectivity index (χ0) is 14.4. The molecule has 106 valence electrons. The van der Waals surface area contributed by atoms with E-state index in [1.165, 1.54) is 5.56 Å². The highest BCUT2D eigenvalue weighted by Gasteiger charge is 2.11. The predicted molar refractivity (Wildman–Crippen MR) is 83.9 cm³/mol. The Hall–Kier alpha value is -1.55. The Morgan fingerprint density at radius 3 is 2.40 bits per heavy atom. The van der Waals surface area contributed by atoms with Crippen LogP contribution in [0.5, 0.6) is 0 Å². The topological polar surface area (TPSA) is 49.5 Å². The third-order valence-corrected chi connectivity index (χ3v) is 3.48. The van der Waals surface area contributed by atoms with Crippen LogP contribution < -0.4 is 10.6 Å². The minimum absolute atomic E-state index is 0.0851. The molecule has 0 fully saturated rings. The lowest BCUT2D eigenvalue weighted by Gasteiger charge is -2.25. The molecule has 0 bridgehead atoms. The van der Waals surface area contributed by atoms with Gasteiger partial charge >= 0.3 is 0 Å². The van der Waals surface area contributed by atoms with Gasteiger partial charge in [0.05, 0.1) is 17.3 Å². The Balaban J connectivity index is 2.24. The molecule has 0 radical (unpaired) electrons. The molecule has 0 spiro atoms. The van der Waals surface area contributed by atoms with Gasteiger partial charge in [0.2, 0.25) is 0 Å². The van der Waals surface area contributed by atoms with Gasteiger partial charge in [-0.15, -0.1) is 0 Å². The van der Waals surface area contributed by atoms with E-state index in [4.69, 9.17) is 17.3 Å². The highest BCUT2D eigenvalue weighted by Crippen LogP contribution is 2.28. The normalized spacial score (nSPS) is 10.6. The fourth-order valence-electron chi connectivity index (χ4n) is 2.14. The summed E-state index contributed by atoms with van der Waals surface area (Å²) in [6.45, 7) is 1.81. The van der Waals surface area contributed by atoms with Crippen LogP contribution >= 0.6 is 11.6 Å². The highest BCUT2D eigenvalue weighted by atomic mass is 35.5. The van der Waals surface area contributed by atoms with Crippen LogP contribution in [0.4, 0.5) is 5.69 Å². The van der Waals surface area contributed by atoms with Gasteiger partial charge < -0.3 is 15.7 Å². The molecule has 2 rings (SSSR count). The first-order valence-electron chi connectivity index (χ1n) is 6.63. The first-order valence-corrected chi connectivity index (χ1v) is 7.00. The maximum absolute atomic E-state index is 9.26. The largest absolute Gasteiger partial charge is 0.395 e. The Kier molecular flexibility index (Phi) is 5.41. The Labute approximate surface area is 124 Å². The molecule has 0 aliphatic heterocycles. The fourth-order valence-corrected chi connectivity index (χ4v) is 2.47. The van der Waals surface area contributed by atoms with Crippen LogP contribution in [0.3, 0.4) is 0 Å². The van der Waals surface area contributed by atoms with Crippen LogP contribution in [0, 0.1) is 0 Å². The van der Waals surface area contributed by atoms with Crippen molar-refractivity contribution in [2.24, 2.45) is 5.73 Å². The first-order chi connectivity index (χ1) is 9.74. The zero-order valence-corrected chi connectivity index (χ0v) is 12.1. The second-order valence-corrected chi connectivity index (χ2v) is 5.03. The lowest BCUT2D eigenvalue weighted by atomic mass is 10.1. The standard InChI is InChI=1S/C16H19ClN2O/c17-15-10-14(11-18)6-7-16(15)19(8-9-20)12-13-4-2-1-3-5-13/h1-7,10,20H,8-9,11-12,18H2. The van der Waals surface area contributed by atoms with E-state index < -0.39 is 0 Å². The molecule has 4 heteroatoms. The molecule has 3 N–H and O–H groups in total. The van der Waals surface area contributed by atoms with Gasteiger partial charge in [-0.05, 0) is 23.3 Å². The van der Waals surface area contributed by atoms with Crippen LogP contribution in [0.25, 0.3) is 0 Å². The van der Waals surface area contributed by atoms with Gasteiger partial charge in [-0.3, -0.25) is 0 Å². The third-order valence-electron chi connectivity index (χ3n) is 3.17. The summed E-state index contributed by atoms with van der Waals surface area (Å²) >= 11 is 6.33. The molecule has 0 amide bonds. The van der Waals surface area contributed by atoms with Gasteiger partial charge in [-0.2, -0.15) is 0 Å². The molecule has 0 aromatic heterocycles. The van der Waals surface area contributed by atoms with E-state index in [0.29, 0.717) is 24.7 Å². The molecule has 0 heterocycles. The SMILES string of the molecule is NCc1ccc(N(CCO)Cc2ccccc2)c(Cl)c1. The summed E-state index contributed by atoms with van der Waals surface area (Å²) < 4.78 is 0. The molecule has 2 aromatic rings. The van der Waals surface area contributed by atoms with E-state index in [2.05, 4.69) is 17.0 Å². The Morgan fingerprint density at radius 2 is 1.80 bits per heavy atom. The molecule has 0 aliphatic carbocycles. The second-order valence-electron chi connectivity index (χ2n) is 4.62. The van der Waals surface area contributed by atoms with Gasteiger partial charge in [-0.1, -0.05) is 48.0 Å². The van der Waals surface area contributed by atoms with Crippen LogP contribution in [0.1, 0.15) is 11.1 Å². The average Bonchev–Trinajstić information content (AvgIpc) is 2.48. The van der Waals surface area contributed by atoms with Crippen molar-refractivity contribution < 1.29 is 5.11 Å². The molecular weight excluding hydrogens is 272 g/mol. The Bertz CT molecular complexity index is 545. The summed E-state index contributed by atoms with van der Waals surface area (Å²) in [4.78, 5) is 2.07. The van der Waals surface area contributed by atoms with Crippen molar-refractivity contribution in [2.45, 2.75) is 13.1 Å². The van der Waals surface area contributed by atoms with Gasteiger partial charge in [0, 0.05) is 19.6 Å². The second kappa shape index (κ2) is 7.29. The van der Waals surface area contributed by atoms with Crippen molar-refractivity contribution >= 4 is 17.3 Å². The summed E-state index contributed by atoms with van der Waals surface area (Å²) in [5.41, 5.74) is 8.72. The van der Waals surface area contributed by atoms with Crippen LogP contribution in [0.2, 0.25) is 5.02 Å². The van der Waals surface area contributed by atoms with Crippen molar-refractivity contribution in [2.75, 3.05) is 18.1 Å². The predicted octanol–water partition coefficient (Wildman–Crippen LogP) is 2.80. The van der Waals surface area contributed by atoms with E-state index in [1.807, 2.05) is 36.4 Å². The van der Waals surface area contributed by atoms with Gasteiger partial charge in [-0.25, -0.2) is 0 Å². The number of benzene rings is 2. The van der Waals surface area contributed by atoms with Crippen molar-refractivity contribution in [3.8, 4) is 0 Å². The van der Waals surface area contributed by atoms with Crippen molar-refractivity contribution in [1.82, 2.24) is 0 Å². The van der Waals surface area contributed by atoms with E-state index in [-0.39, 0.29) is 6.61 Å². The summed E-state index contributed by atoms with van der Waals surface area (Å²) in [7, 11) is 0. The number of nitrogens with zero attached hydrogens (tertiary/aromatic N) is 1. The maximum atomic E-state index is 9.26. The third kappa shape index (κ3) is 3.73. The van der Waals surface area contributed by atoms with Crippen LogP contribution in [-0.4, -0.2) is 18.3 Å². The molecule has 20 heavy (non-hydrogen) atoms. The van der Waals surface area contributed by atoms with Crippen molar-refractivity contribution in [3.05, 3.63) is 64.7 Å². The van der Waals surface area contributed by atoms with Crippen molar-refractivity contribution in [3.63, 3.8) is 0 Å². The number of aliphatic hydroxyl groups is 1. The first kappa shape index (κ1) is 14.9. The van der Waals surface area contributed by atoms with Crippen LogP contribution in [0.15, 0.2) is 48.5 Å². The van der Waals surface area contributed by atoms with Gasteiger partial charge in [0.1, 0.15) is 0 Å². The number of aliphatic hydroxyl groups excluding tert-OH is 1. The molecular formula is C16H19ClN2O. The monoisotopic (exact) mass is 290 g/mol. The average molecular weight is 291 g/mol. The van der Waals surface area contributed by atoms with E-state index in [1.54, 1.807) is 0 Å². The molecule has 0 aliphatic rings. The summed E-state index contributed by atoms with van der Waals surface area (Å²) in [6, 6.07) is 15.9. The van der Waals surface area contributed by atoms with Gasteiger partial charge in [0.25, 0.3) is 0 Å².